The van der Waals surface area contributed by atoms with E-state index >= 15 is 0 Å². The van der Waals surface area contributed by atoms with Crippen LogP contribution in [0.4, 0.5) is 17.2 Å². The number of hydrogen-bond donors (Lipinski definition) is 2. The van der Waals surface area contributed by atoms with E-state index in [0.717, 1.165) is 17.1 Å². The van der Waals surface area contributed by atoms with E-state index in [9.17, 15) is 4.79 Å². The third-order valence-electron chi connectivity index (χ3n) is 3.45. The molecule has 5 nitrogen and oxygen atoms in total. The Labute approximate surface area is 150 Å². The summed E-state index contributed by atoms with van der Waals surface area (Å²) in [7, 11) is 1.62. The molecule has 0 aliphatic carbocycles. The number of nitrogens with zero attached hydrogens (tertiary/aromatic N) is 1. The summed E-state index contributed by atoms with van der Waals surface area (Å²) in [6.07, 6.45) is 1.65. The summed E-state index contributed by atoms with van der Waals surface area (Å²) in [6, 6.07) is 17.9. The molecule has 0 spiro atoms. The minimum Gasteiger partial charge on any atom is -0.497 e. The summed E-state index contributed by atoms with van der Waals surface area (Å²) in [4.78, 5) is 16.4. The smallest absolute Gasteiger partial charge is 0.256 e. The van der Waals surface area contributed by atoms with Crippen LogP contribution in [0.25, 0.3) is 0 Å². The van der Waals surface area contributed by atoms with Gasteiger partial charge in [0.05, 0.1) is 19.0 Å². The van der Waals surface area contributed by atoms with Crippen LogP contribution in [-0.2, 0) is 0 Å². The molecule has 3 aromatic rings. The lowest BCUT2D eigenvalue weighted by molar-refractivity contribution is 0.102. The molecular formula is C19H16ClN3O2. The van der Waals surface area contributed by atoms with E-state index in [0.29, 0.717) is 16.4 Å². The van der Waals surface area contributed by atoms with E-state index in [1.54, 1.807) is 43.6 Å². The fourth-order valence-electron chi connectivity index (χ4n) is 2.23. The maximum Gasteiger partial charge on any atom is 0.256 e. The normalized spacial score (nSPS) is 10.2. The number of amides is 1. The second-order valence-corrected chi connectivity index (χ2v) is 5.69. The lowest BCUT2D eigenvalue weighted by atomic mass is 10.2. The summed E-state index contributed by atoms with van der Waals surface area (Å²) >= 11 is 5.90. The lowest BCUT2D eigenvalue weighted by Crippen LogP contribution is -2.12. The van der Waals surface area contributed by atoms with Crippen molar-refractivity contribution in [2.45, 2.75) is 0 Å². The zero-order valence-corrected chi connectivity index (χ0v) is 14.2. The number of aromatic nitrogens is 1. The van der Waals surface area contributed by atoms with Crippen molar-refractivity contribution >= 4 is 34.7 Å². The maximum absolute atomic E-state index is 12.2. The number of methoxy groups -OCH3 is 1. The number of rotatable bonds is 5. The van der Waals surface area contributed by atoms with E-state index in [2.05, 4.69) is 15.6 Å². The van der Waals surface area contributed by atoms with Crippen LogP contribution in [0.1, 0.15) is 10.4 Å². The number of pyridine rings is 1. The topological polar surface area (TPSA) is 63.2 Å². The van der Waals surface area contributed by atoms with Crippen molar-refractivity contribution in [3.63, 3.8) is 0 Å². The maximum atomic E-state index is 12.2. The van der Waals surface area contributed by atoms with E-state index in [4.69, 9.17) is 16.3 Å². The Balaban J connectivity index is 1.66. The Kier molecular flexibility index (Phi) is 5.16. The van der Waals surface area contributed by atoms with E-state index in [-0.39, 0.29) is 5.91 Å². The number of halogens is 1. The highest BCUT2D eigenvalue weighted by Gasteiger charge is 2.07. The van der Waals surface area contributed by atoms with Crippen molar-refractivity contribution in [3.8, 4) is 5.75 Å². The Morgan fingerprint density at radius 2 is 1.88 bits per heavy atom. The van der Waals surface area contributed by atoms with Gasteiger partial charge in [0, 0.05) is 22.3 Å². The van der Waals surface area contributed by atoms with Crippen molar-refractivity contribution in [2.75, 3.05) is 17.7 Å². The van der Waals surface area contributed by atoms with Crippen LogP contribution in [0, 0.1) is 0 Å². The van der Waals surface area contributed by atoms with E-state index in [1.165, 1.54) is 0 Å². The SMILES string of the molecule is COc1cccc(Nc2ccc(NC(=O)c3cccc(Cl)c3)nc2)c1. The quantitative estimate of drug-likeness (QED) is 0.695. The molecule has 0 aliphatic heterocycles. The van der Waals surface area contributed by atoms with Gasteiger partial charge in [-0.2, -0.15) is 0 Å². The molecule has 0 atom stereocenters. The number of benzene rings is 2. The van der Waals surface area contributed by atoms with Crippen molar-refractivity contribution < 1.29 is 9.53 Å². The predicted molar refractivity (Wildman–Crippen MR) is 99.9 cm³/mol. The van der Waals surface area contributed by atoms with Crippen molar-refractivity contribution in [2.24, 2.45) is 0 Å². The fraction of sp³-hybridized carbons (Fsp3) is 0.0526. The zero-order valence-electron chi connectivity index (χ0n) is 13.5. The second-order valence-electron chi connectivity index (χ2n) is 5.25. The summed E-state index contributed by atoms with van der Waals surface area (Å²) in [5.74, 6) is 0.966. The van der Waals surface area contributed by atoms with Gasteiger partial charge in [-0.25, -0.2) is 4.98 Å². The molecule has 1 heterocycles. The standard InChI is InChI=1S/C19H16ClN3O2/c1-25-17-7-3-6-15(11-17)22-16-8-9-18(21-12-16)23-19(24)13-4-2-5-14(20)10-13/h2-12,22H,1H3,(H,21,23,24). The Morgan fingerprint density at radius 1 is 1.04 bits per heavy atom. The summed E-state index contributed by atoms with van der Waals surface area (Å²) in [5.41, 5.74) is 2.17. The van der Waals surface area contributed by atoms with Gasteiger partial charge in [-0.05, 0) is 42.5 Å². The minimum absolute atomic E-state index is 0.261. The van der Waals surface area contributed by atoms with E-state index in [1.807, 2.05) is 30.3 Å². The molecule has 3 rings (SSSR count). The zero-order chi connectivity index (χ0) is 17.6. The number of hydrogen-bond acceptors (Lipinski definition) is 4. The summed E-state index contributed by atoms with van der Waals surface area (Å²) in [5, 5.41) is 6.48. The molecule has 126 valence electrons. The molecule has 2 aromatic carbocycles. The van der Waals surface area contributed by atoms with Gasteiger partial charge in [-0.1, -0.05) is 23.7 Å². The number of nitrogens with one attached hydrogen (secondary N) is 2. The molecule has 1 aromatic heterocycles. The first-order chi connectivity index (χ1) is 12.1. The van der Waals surface area contributed by atoms with Gasteiger partial charge in [0.25, 0.3) is 5.91 Å². The summed E-state index contributed by atoms with van der Waals surface area (Å²) in [6.45, 7) is 0. The van der Waals surface area contributed by atoms with Gasteiger partial charge < -0.3 is 15.4 Å². The van der Waals surface area contributed by atoms with Crippen LogP contribution >= 0.6 is 11.6 Å². The molecule has 1 amide bonds. The first-order valence-electron chi connectivity index (χ1n) is 7.58. The van der Waals surface area contributed by atoms with Crippen LogP contribution < -0.4 is 15.4 Å². The molecule has 6 heteroatoms. The monoisotopic (exact) mass is 353 g/mol. The third kappa shape index (κ3) is 4.49. The number of carbonyl (C=O) groups excluding carboxylic acids is 1. The molecule has 0 aliphatic rings. The minimum atomic E-state index is -0.261. The van der Waals surface area contributed by atoms with Gasteiger partial charge in [-0.3, -0.25) is 4.79 Å². The Bertz CT molecular complexity index is 882. The lowest BCUT2D eigenvalue weighted by Gasteiger charge is -2.09. The highest BCUT2D eigenvalue weighted by atomic mass is 35.5. The van der Waals surface area contributed by atoms with Crippen LogP contribution in [0.15, 0.2) is 66.9 Å². The first-order valence-corrected chi connectivity index (χ1v) is 7.96. The first kappa shape index (κ1) is 16.8. The highest BCUT2D eigenvalue weighted by molar-refractivity contribution is 6.31. The molecule has 0 saturated heterocycles. The summed E-state index contributed by atoms with van der Waals surface area (Å²) < 4.78 is 5.19. The highest BCUT2D eigenvalue weighted by Crippen LogP contribution is 2.21. The van der Waals surface area contributed by atoms with Gasteiger partial charge in [0.1, 0.15) is 11.6 Å². The number of carbonyl (C=O) groups is 1. The van der Waals surface area contributed by atoms with Gasteiger partial charge in [-0.15, -0.1) is 0 Å². The van der Waals surface area contributed by atoms with Gasteiger partial charge in [0.2, 0.25) is 0 Å². The molecule has 0 saturated carbocycles. The predicted octanol–water partition coefficient (Wildman–Crippen LogP) is 4.74. The Morgan fingerprint density at radius 3 is 2.60 bits per heavy atom. The molecule has 0 unspecified atom stereocenters. The molecular weight excluding hydrogens is 338 g/mol. The number of ether oxygens (including phenoxy) is 1. The second kappa shape index (κ2) is 7.68. The molecule has 0 radical (unpaired) electrons. The fourth-order valence-corrected chi connectivity index (χ4v) is 2.42. The Hall–Kier alpha value is -3.05. The van der Waals surface area contributed by atoms with Crippen LogP contribution in [0.2, 0.25) is 5.02 Å². The average molecular weight is 354 g/mol. The van der Waals surface area contributed by atoms with Gasteiger partial charge >= 0.3 is 0 Å². The molecule has 0 fully saturated rings. The van der Waals surface area contributed by atoms with Crippen molar-refractivity contribution in [3.05, 3.63) is 77.4 Å². The van der Waals surface area contributed by atoms with Crippen LogP contribution in [0.3, 0.4) is 0 Å². The third-order valence-corrected chi connectivity index (χ3v) is 3.69. The average Bonchev–Trinajstić information content (AvgIpc) is 2.63. The van der Waals surface area contributed by atoms with Gasteiger partial charge in [0.15, 0.2) is 0 Å². The van der Waals surface area contributed by atoms with Crippen LogP contribution in [-0.4, -0.2) is 18.0 Å². The molecule has 0 bridgehead atoms. The number of anilines is 3. The largest absolute Gasteiger partial charge is 0.497 e. The van der Waals surface area contributed by atoms with Crippen molar-refractivity contribution in [1.29, 1.82) is 0 Å². The van der Waals surface area contributed by atoms with Crippen LogP contribution in [0.5, 0.6) is 5.75 Å². The molecule has 2 N–H and O–H groups in total. The van der Waals surface area contributed by atoms with Crippen molar-refractivity contribution in [1.82, 2.24) is 4.98 Å². The molecule has 25 heavy (non-hydrogen) atoms. The van der Waals surface area contributed by atoms with E-state index < -0.39 is 0 Å².